The zero-order valence-electron chi connectivity index (χ0n) is 17.1. The molecule has 1 spiro atoms. The van der Waals surface area contributed by atoms with Crippen LogP contribution in [-0.2, 0) is 11.2 Å². The standard InChI is InChI=1S/C25H23FN4O/c26-21-12-17(5-6-18(21)13-27)16-3-1-15(2-4-16)11-19(14-28)29-24(31)23-20-7-9-25(20)10-8-22(25)30-23/h1-6,12,19-20,22-23,30H,7-11H2,(H,29,31)/t19-,20-,22+,23-,25?/m0/s1. The molecule has 2 aliphatic carbocycles. The SMILES string of the molecule is N#Cc1ccc(-c2ccc(C[C@@H](C#N)NC(=O)[C@H]3N[C@@H]4CCC45CC[C@@H]35)cc2)cc1F. The van der Waals surface area contributed by atoms with Gasteiger partial charge in [-0.25, -0.2) is 4.39 Å². The first kappa shape index (κ1) is 19.7. The lowest BCUT2D eigenvalue weighted by Crippen LogP contribution is -2.54. The van der Waals surface area contributed by atoms with Crippen molar-refractivity contribution in [1.82, 2.24) is 10.6 Å². The maximum Gasteiger partial charge on any atom is 0.238 e. The number of carbonyl (C=O) groups excluding carboxylic acids is 1. The minimum Gasteiger partial charge on any atom is -0.339 e. The molecule has 2 aromatic rings. The van der Waals surface area contributed by atoms with Crippen LogP contribution in [0.1, 0.15) is 36.8 Å². The highest BCUT2D eigenvalue weighted by Crippen LogP contribution is 2.64. The molecule has 0 bridgehead atoms. The number of hydrogen-bond acceptors (Lipinski definition) is 4. The van der Waals surface area contributed by atoms with Gasteiger partial charge in [-0.15, -0.1) is 0 Å². The summed E-state index contributed by atoms with van der Waals surface area (Å²) in [6.07, 6.45) is 5.09. The molecule has 2 saturated carbocycles. The average molecular weight is 414 g/mol. The summed E-state index contributed by atoms with van der Waals surface area (Å²) in [5.74, 6) is -0.189. The molecular weight excluding hydrogens is 391 g/mol. The van der Waals surface area contributed by atoms with Crippen LogP contribution in [-0.4, -0.2) is 24.0 Å². The van der Waals surface area contributed by atoms with E-state index in [9.17, 15) is 14.4 Å². The number of halogens is 1. The van der Waals surface area contributed by atoms with Crippen LogP contribution in [0.2, 0.25) is 0 Å². The number of carbonyl (C=O) groups is 1. The van der Waals surface area contributed by atoms with E-state index in [1.54, 1.807) is 6.07 Å². The Labute approximate surface area is 180 Å². The van der Waals surface area contributed by atoms with Crippen molar-refractivity contribution in [2.24, 2.45) is 11.3 Å². The van der Waals surface area contributed by atoms with Gasteiger partial charge in [-0.3, -0.25) is 4.79 Å². The highest BCUT2D eigenvalue weighted by molar-refractivity contribution is 5.84. The van der Waals surface area contributed by atoms with Gasteiger partial charge in [-0.05, 0) is 65.8 Å². The van der Waals surface area contributed by atoms with Crippen LogP contribution in [0.25, 0.3) is 11.1 Å². The van der Waals surface area contributed by atoms with Gasteiger partial charge in [-0.2, -0.15) is 10.5 Å². The molecule has 5 rings (SSSR count). The number of nitrogens with one attached hydrogen (secondary N) is 2. The molecular formula is C25H23FN4O. The zero-order chi connectivity index (χ0) is 21.6. The maximum atomic E-state index is 13.9. The molecule has 5 atom stereocenters. The van der Waals surface area contributed by atoms with Crippen molar-refractivity contribution in [2.45, 2.75) is 50.2 Å². The van der Waals surface area contributed by atoms with Crippen molar-refractivity contribution in [2.75, 3.05) is 0 Å². The molecule has 156 valence electrons. The molecule has 3 fully saturated rings. The van der Waals surface area contributed by atoms with Crippen molar-refractivity contribution in [3.63, 3.8) is 0 Å². The van der Waals surface area contributed by atoms with Gasteiger partial charge in [0, 0.05) is 12.5 Å². The fourth-order valence-corrected chi connectivity index (χ4v) is 5.67. The zero-order valence-corrected chi connectivity index (χ0v) is 17.1. The summed E-state index contributed by atoms with van der Waals surface area (Å²) in [7, 11) is 0. The Morgan fingerprint density at radius 3 is 2.45 bits per heavy atom. The lowest BCUT2D eigenvalue weighted by Gasteiger charge is -2.55. The molecule has 1 heterocycles. The smallest absolute Gasteiger partial charge is 0.238 e. The molecule has 1 saturated heterocycles. The molecule has 3 aliphatic rings. The van der Waals surface area contributed by atoms with E-state index in [0.29, 0.717) is 29.4 Å². The number of benzene rings is 2. The van der Waals surface area contributed by atoms with E-state index in [1.165, 1.54) is 25.0 Å². The lowest BCUT2D eigenvalue weighted by atomic mass is 9.49. The molecule has 1 amide bonds. The van der Waals surface area contributed by atoms with E-state index in [1.807, 2.05) is 30.3 Å². The largest absolute Gasteiger partial charge is 0.339 e. The Morgan fingerprint density at radius 2 is 1.90 bits per heavy atom. The Morgan fingerprint density at radius 1 is 1.16 bits per heavy atom. The first-order chi connectivity index (χ1) is 15.0. The molecule has 5 nitrogen and oxygen atoms in total. The van der Waals surface area contributed by atoms with Crippen LogP contribution in [0.4, 0.5) is 4.39 Å². The quantitative estimate of drug-likeness (QED) is 0.784. The van der Waals surface area contributed by atoms with E-state index in [4.69, 9.17) is 5.26 Å². The fraction of sp³-hybridized carbons (Fsp3) is 0.400. The molecule has 2 aromatic carbocycles. The van der Waals surface area contributed by atoms with Crippen molar-refractivity contribution in [3.8, 4) is 23.3 Å². The maximum absolute atomic E-state index is 13.9. The monoisotopic (exact) mass is 414 g/mol. The van der Waals surface area contributed by atoms with E-state index in [0.717, 1.165) is 24.0 Å². The summed E-state index contributed by atoms with van der Waals surface area (Å²) in [6.45, 7) is 0. The number of nitrogens with zero attached hydrogens (tertiary/aromatic N) is 2. The van der Waals surface area contributed by atoms with Crippen LogP contribution >= 0.6 is 0 Å². The van der Waals surface area contributed by atoms with Gasteiger partial charge in [0.25, 0.3) is 0 Å². The first-order valence-electron chi connectivity index (χ1n) is 10.8. The second kappa shape index (κ2) is 7.48. The van der Waals surface area contributed by atoms with Gasteiger partial charge < -0.3 is 10.6 Å². The Kier molecular flexibility index (Phi) is 4.76. The van der Waals surface area contributed by atoms with Crippen LogP contribution in [0.5, 0.6) is 0 Å². The summed E-state index contributed by atoms with van der Waals surface area (Å²) in [6, 6.07) is 15.8. The van der Waals surface area contributed by atoms with Gasteiger partial charge in [0.1, 0.15) is 17.9 Å². The molecule has 2 N–H and O–H groups in total. The van der Waals surface area contributed by atoms with Gasteiger partial charge >= 0.3 is 0 Å². The lowest BCUT2D eigenvalue weighted by molar-refractivity contribution is -0.126. The molecule has 31 heavy (non-hydrogen) atoms. The topological polar surface area (TPSA) is 88.7 Å². The molecule has 0 radical (unpaired) electrons. The highest BCUT2D eigenvalue weighted by atomic mass is 19.1. The van der Waals surface area contributed by atoms with E-state index >= 15 is 0 Å². The highest BCUT2D eigenvalue weighted by Gasteiger charge is 2.65. The van der Waals surface area contributed by atoms with Crippen LogP contribution in [0, 0.1) is 39.8 Å². The second-order valence-electron chi connectivity index (χ2n) is 9.01. The second-order valence-corrected chi connectivity index (χ2v) is 9.01. The molecule has 6 heteroatoms. The van der Waals surface area contributed by atoms with Crippen molar-refractivity contribution in [1.29, 1.82) is 10.5 Å². The fourth-order valence-electron chi connectivity index (χ4n) is 5.67. The van der Waals surface area contributed by atoms with Crippen LogP contribution in [0.15, 0.2) is 42.5 Å². The number of rotatable bonds is 5. The summed E-state index contributed by atoms with van der Waals surface area (Å²) in [4.78, 5) is 12.9. The summed E-state index contributed by atoms with van der Waals surface area (Å²) in [5, 5.41) is 24.9. The average Bonchev–Trinajstić information content (AvgIpc) is 2.89. The first-order valence-corrected chi connectivity index (χ1v) is 10.8. The van der Waals surface area contributed by atoms with Gasteiger partial charge in [0.05, 0.1) is 17.7 Å². The van der Waals surface area contributed by atoms with E-state index in [2.05, 4.69) is 16.7 Å². The molecule has 1 unspecified atom stereocenters. The Bertz CT molecular complexity index is 1110. The van der Waals surface area contributed by atoms with E-state index < -0.39 is 11.9 Å². The Balaban J connectivity index is 1.23. The molecule has 0 aromatic heterocycles. The van der Waals surface area contributed by atoms with Crippen LogP contribution in [0.3, 0.4) is 0 Å². The third-order valence-corrected chi connectivity index (χ3v) is 7.61. The Hall–Kier alpha value is -3.22. The number of nitriles is 2. The predicted molar refractivity (Wildman–Crippen MR) is 113 cm³/mol. The normalized spacial score (nSPS) is 28.7. The van der Waals surface area contributed by atoms with Crippen molar-refractivity contribution >= 4 is 5.91 Å². The van der Waals surface area contributed by atoms with Crippen molar-refractivity contribution in [3.05, 3.63) is 59.4 Å². The van der Waals surface area contributed by atoms with Gasteiger partial charge in [0.2, 0.25) is 5.91 Å². The molecule has 1 aliphatic heterocycles. The number of hydrogen-bond donors (Lipinski definition) is 2. The summed E-state index contributed by atoms with van der Waals surface area (Å²) >= 11 is 0. The minimum atomic E-state index is -0.596. The third-order valence-electron chi connectivity index (χ3n) is 7.61. The predicted octanol–water partition coefficient (Wildman–Crippen LogP) is 3.45. The van der Waals surface area contributed by atoms with E-state index in [-0.39, 0.29) is 17.5 Å². The minimum absolute atomic E-state index is 0.0190. The van der Waals surface area contributed by atoms with Crippen molar-refractivity contribution < 1.29 is 9.18 Å². The van der Waals surface area contributed by atoms with Crippen LogP contribution < -0.4 is 10.6 Å². The summed E-state index contributed by atoms with van der Waals surface area (Å²) in [5.41, 5.74) is 2.80. The summed E-state index contributed by atoms with van der Waals surface area (Å²) < 4.78 is 13.9. The third kappa shape index (κ3) is 3.19. The van der Waals surface area contributed by atoms with Gasteiger partial charge in [-0.1, -0.05) is 30.3 Å². The van der Waals surface area contributed by atoms with Gasteiger partial charge in [0.15, 0.2) is 0 Å². The number of amides is 1.